The first-order valence-electron chi connectivity index (χ1n) is 6.67. The molecular weight excluding hydrogens is 297 g/mol. The number of carbonyl (C=O) groups is 1. The molecule has 0 aliphatic carbocycles. The zero-order valence-corrected chi connectivity index (χ0v) is 13.4. The largest absolute Gasteiger partial charge is 0.481 e. The lowest BCUT2D eigenvalue weighted by Gasteiger charge is -2.24. The maximum Gasteiger partial charge on any atom is 0.303 e. The molecule has 20 heavy (non-hydrogen) atoms. The number of aliphatic carboxylic acids is 1. The second kappa shape index (κ2) is 7.87. The van der Waals surface area contributed by atoms with E-state index >= 15 is 0 Å². The van der Waals surface area contributed by atoms with E-state index in [0.29, 0.717) is 23.0 Å². The van der Waals surface area contributed by atoms with Crippen LogP contribution in [0.4, 0.5) is 0 Å². The molecule has 0 aliphatic rings. The molecule has 0 fully saturated rings. The van der Waals surface area contributed by atoms with Crippen LogP contribution in [0.15, 0.2) is 18.2 Å². The van der Waals surface area contributed by atoms with Gasteiger partial charge in [0.2, 0.25) is 0 Å². The van der Waals surface area contributed by atoms with Crippen molar-refractivity contribution in [1.82, 2.24) is 5.32 Å². The Morgan fingerprint density at radius 3 is 2.65 bits per heavy atom. The van der Waals surface area contributed by atoms with Crippen LogP contribution in [-0.2, 0) is 11.3 Å². The smallest absolute Gasteiger partial charge is 0.303 e. The summed E-state index contributed by atoms with van der Waals surface area (Å²) < 4.78 is 0. The van der Waals surface area contributed by atoms with Crippen LogP contribution < -0.4 is 5.32 Å². The lowest BCUT2D eigenvalue weighted by atomic mass is 9.84. The van der Waals surface area contributed by atoms with E-state index in [1.54, 1.807) is 6.07 Å². The van der Waals surface area contributed by atoms with Crippen LogP contribution in [-0.4, -0.2) is 17.6 Å². The van der Waals surface area contributed by atoms with E-state index < -0.39 is 5.97 Å². The maximum absolute atomic E-state index is 10.6. The lowest BCUT2D eigenvalue weighted by Crippen LogP contribution is -2.23. The fraction of sp³-hybridized carbons (Fsp3) is 0.533. The number of hydrogen-bond donors (Lipinski definition) is 2. The summed E-state index contributed by atoms with van der Waals surface area (Å²) in [6.07, 6.45) is 1.81. The summed E-state index contributed by atoms with van der Waals surface area (Å²) in [5.74, 6) is -0.739. The standard InChI is InChI=1S/C15H21Cl2NO2/c1-15(2,7-6-13(19)20)8-9-18-10-11-4-3-5-12(16)14(11)17/h3-5,18H,6-10H2,1-2H3,(H,19,20). The molecule has 0 bridgehead atoms. The van der Waals surface area contributed by atoms with Gasteiger partial charge < -0.3 is 10.4 Å². The summed E-state index contributed by atoms with van der Waals surface area (Å²) in [4.78, 5) is 10.6. The van der Waals surface area contributed by atoms with E-state index in [4.69, 9.17) is 28.3 Å². The molecule has 0 heterocycles. The van der Waals surface area contributed by atoms with Gasteiger partial charge in [0.15, 0.2) is 0 Å². The highest BCUT2D eigenvalue weighted by atomic mass is 35.5. The number of nitrogens with one attached hydrogen (secondary N) is 1. The van der Waals surface area contributed by atoms with Crippen molar-refractivity contribution >= 4 is 29.2 Å². The molecule has 1 aromatic rings. The van der Waals surface area contributed by atoms with Gasteiger partial charge in [-0.25, -0.2) is 0 Å². The Bertz CT molecular complexity index is 461. The molecule has 0 saturated carbocycles. The van der Waals surface area contributed by atoms with Gasteiger partial charge in [-0.05, 0) is 36.4 Å². The molecule has 5 heteroatoms. The molecule has 1 aromatic carbocycles. The molecule has 0 unspecified atom stereocenters. The summed E-state index contributed by atoms with van der Waals surface area (Å²) in [6.45, 7) is 5.65. The number of carboxylic acid groups (broad SMARTS) is 1. The second-order valence-electron chi connectivity index (χ2n) is 5.70. The molecule has 3 nitrogen and oxygen atoms in total. The minimum absolute atomic E-state index is 0.0174. The highest BCUT2D eigenvalue weighted by Gasteiger charge is 2.18. The molecular formula is C15H21Cl2NO2. The van der Waals surface area contributed by atoms with Gasteiger partial charge in [0.05, 0.1) is 10.0 Å². The summed E-state index contributed by atoms with van der Waals surface area (Å²) in [7, 11) is 0. The molecule has 0 aromatic heterocycles. The SMILES string of the molecule is CC(C)(CCNCc1cccc(Cl)c1Cl)CCC(=O)O. The summed E-state index contributed by atoms with van der Waals surface area (Å²) in [5, 5.41) is 13.2. The van der Waals surface area contributed by atoms with E-state index in [2.05, 4.69) is 19.2 Å². The topological polar surface area (TPSA) is 49.3 Å². The van der Waals surface area contributed by atoms with E-state index in [1.165, 1.54) is 0 Å². The van der Waals surface area contributed by atoms with Crippen LogP contribution >= 0.6 is 23.2 Å². The number of benzene rings is 1. The van der Waals surface area contributed by atoms with Crippen molar-refractivity contribution in [3.05, 3.63) is 33.8 Å². The molecule has 0 saturated heterocycles. The Labute approximate surface area is 130 Å². The highest BCUT2D eigenvalue weighted by Crippen LogP contribution is 2.27. The number of halogens is 2. The monoisotopic (exact) mass is 317 g/mol. The predicted molar refractivity (Wildman–Crippen MR) is 83.4 cm³/mol. The summed E-state index contributed by atoms with van der Waals surface area (Å²) in [6, 6.07) is 5.58. The predicted octanol–water partition coefficient (Wildman–Crippen LogP) is 4.36. The Balaban J connectivity index is 2.34. The van der Waals surface area contributed by atoms with Crippen LogP contribution in [0.25, 0.3) is 0 Å². The number of rotatable bonds is 8. The fourth-order valence-corrected chi connectivity index (χ4v) is 2.29. The maximum atomic E-state index is 10.6. The molecule has 0 aliphatic heterocycles. The van der Waals surface area contributed by atoms with Crippen molar-refractivity contribution in [1.29, 1.82) is 0 Å². The average molecular weight is 318 g/mol. The third kappa shape index (κ3) is 6.12. The van der Waals surface area contributed by atoms with Crippen LogP contribution in [0, 0.1) is 5.41 Å². The quantitative estimate of drug-likeness (QED) is 0.700. The summed E-state index contributed by atoms with van der Waals surface area (Å²) >= 11 is 12.1. The van der Waals surface area contributed by atoms with Crippen molar-refractivity contribution in [3.63, 3.8) is 0 Å². The van der Waals surface area contributed by atoms with Gasteiger partial charge in [-0.2, -0.15) is 0 Å². The van der Waals surface area contributed by atoms with E-state index in [0.717, 1.165) is 18.5 Å². The number of hydrogen-bond acceptors (Lipinski definition) is 2. The van der Waals surface area contributed by atoms with Gasteiger partial charge in [0.1, 0.15) is 0 Å². The summed E-state index contributed by atoms with van der Waals surface area (Å²) in [5.41, 5.74) is 0.992. The lowest BCUT2D eigenvalue weighted by molar-refractivity contribution is -0.137. The first-order chi connectivity index (χ1) is 9.32. The molecule has 0 atom stereocenters. The van der Waals surface area contributed by atoms with Crippen LogP contribution in [0.1, 0.15) is 38.7 Å². The first kappa shape index (κ1) is 17.3. The Morgan fingerprint density at radius 1 is 1.30 bits per heavy atom. The van der Waals surface area contributed by atoms with E-state index in [-0.39, 0.29) is 11.8 Å². The minimum Gasteiger partial charge on any atom is -0.481 e. The minimum atomic E-state index is -0.739. The van der Waals surface area contributed by atoms with Gasteiger partial charge in [0, 0.05) is 13.0 Å². The van der Waals surface area contributed by atoms with Crippen molar-refractivity contribution in [2.45, 2.75) is 39.7 Å². The van der Waals surface area contributed by atoms with E-state index in [1.807, 2.05) is 12.1 Å². The van der Waals surface area contributed by atoms with Gasteiger partial charge >= 0.3 is 5.97 Å². The normalized spacial score (nSPS) is 11.6. The van der Waals surface area contributed by atoms with Crippen LogP contribution in [0.2, 0.25) is 10.0 Å². The highest BCUT2D eigenvalue weighted by molar-refractivity contribution is 6.42. The van der Waals surface area contributed by atoms with Crippen molar-refractivity contribution in [2.24, 2.45) is 5.41 Å². The van der Waals surface area contributed by atoms with Gasteiger partial charge in [-0.15, -0.1) is 0 Å². The third-order valence-electron chi connectivity index (χ3n) is 3.34. The second-order valence-corrected chi connectivity index (χ2v) is 6.48. The Morgan fingerprint density at radius 2 is 2.00 bits per heavy atom. The first-order valence-corrected chi connectivity index (χ1v) is 7.43. The van der Waals surface area contributed by atoms with Gasteiger partial charge in [-0.3, -0.25) is 4.79 Å². The third-order valence-corrected chi connectivity index (χ3v) is 4.20. The molecule has 0 radical (unpaired) electrons. The molecule has 1 rings (SSSR count). The molecule has 0 spiro atoms. The van der Waals surface area contributed by atoms with Crippen molar-refractivity contribution < 1.29 is 9.90 Å². The Hall–Kier alpha value is -0.770. The van der Waals surface area contributed by atoms with Gasteiger partial charge in [0.25, 0.3) is 0 Å². The molecule has 112 valence electrons. The van der Waals surface area contributed by atoms with Crippen molar-refractivity contribution in [2.75, 3.05) is 6.54 Å². The zero-order valence-electron chi connectivity index (χ0n) is 11.9. The zero-order chi connectivity index (χ0) is 15.2. The Kier molecular flexibility index (Phi) is 6.80. The number of carboxylic acids is 1. The average Bonchev–Trinajstić information content (AvgIpc) is 2.37. The van der Waals surface area contributed by atoms with Gasteiger partial charge in [-0.1, -0.05) is 49.2 Å². The van der Waals surface area contributed by atoms with E-state index in [9.17, 15) is 4.79 Å². The van der Waals surface area contributed by atoms with Crippen molar-refractivity contribution in [3.8, 4) is 0 Å². The van der Waals surface area contributed by atoms with Crippen LogP contribution in [0.5, 0.6) is 0 Å². The van der Waals surface area contributed by atoms with Crippen LogP contribution in [0.3, 0.4) is 0 Å². The fourth-order valence-electron chi connectivity index (χ4n) is 1.91. The molecule has 0 amide bonds. The molecule has 2 N–H and O–H groups in total.